The van der Waals surface area contributed by atoms with Gasteiger partial charge in [-0.3, -0.25) is 5.32 Å². The maximum absolute atomic E-state index is 5.58. The van der Waals surface area contributed by atoms with Crippen molar-refractivity contribution >= 4 is 12.4 Å². The number of hydrogen-bond acceptors (Lipinski definition) is 3. The summed E-state index contributed by atoms with van der Waals surface area (Å²) < 4.78 is 5.58. The molecule has 1 N–H and O–H groups in total. The topological polar surface area (TPSA) is 24.5 Å². The summed E-state index contributed by atoms with van der Waals surface area (Å²) in [5, 5.41) is 3.39. The lowest BCUT2D eigenvalue weighted by Gasteiger charge is -2.31. The van der Waals surface area contributed by atoms with E-state index >= 15 is 0 Å². The summed E-state index contributed by atoms with van der Waals surface area (Å²) in [6, 6.07) is 0. The van der Waals surface area contributed by atoms with Crippen LogP contribution in [-0.4, -0.2) is 43.9 Å². The molecule has 0 saturated carbocycles. The lowest BCUT2D eigenvalue weighted by molar-refractivity contribution is 0.0649. The van der Waals surface area contributed by atoms with Crippen molar-refractivity contribution < 1.29 is 4.74 Å². The maximum atomic E-state index is 5.58. The Morgan fingerprint density at radius 3 is 2.60 bits per heavy atom. The fourth-order valence-electron chi connectivity index (χ4n) is 2.47. The fraction of sp³-hybridized carbons (Fsp3) is 1.00. The van der Waals surface area contributed by atoms with Crippen molar-refractivity contribution in [2.24, 2.45) is 5.92 Å². The van der Waals surface area contributed by atoms with E-state index in [0.29, 0.717) is 6.23 Å². The Morgan fingerprint density at radius 2 is 2.07 bits per heavy atom. The van der Waals surface area contributed by atoms with Crippen molar-refractivity contribution in [1.82, 2.24) is 10.2 Å². The quantitative estimate of drug-likeness (QED) is 0.801. The summed E-state index contributed by atoms with van der Waals surface area (Å²) in [4.78, 5) is 2.54. The largest absolute Gasteiger partial charge is 0.362 e. The van der Waals surface area contributed by atoms with Gasteiger partial charge in [0.1, 0.15) is 6.23 Å². The Labute approximate surface area is 99.0 Å². The van der Waals surface area contributed by atoms with E-state index < -0.39 is 0 Å². The first kappa shape index (κ1) is 13.2. The molecule has 4 heteroatoms. The van der Waals surface area contributed by atoms with Gasteiger partial charge in [0.05, 0.1) is 6.61 Å². The minimum absolute atomic E-state index is 0. The molecular weight excluding hydrogens is 212 g/mol. The number of halogens is 1. The average Bonchev–Trinajstić information content (AvgIpc) is 2.72. The second kappa shape index (κ2) is 6.69. The predicted octanol–water partition coefficient (Wildman–Crippen LogP) is 1.48. The maximum Gasteiger partial charge on any atom is 0.108 e. The molecule has 0 amide bonds. The zero-order valence-corrected chi connectivity index (χ0v) is 10.4. The van der Waals surface area contributed by atoms with Crippen molar-refractivity contribution in [2.75, 3.05) is 32.8 Å². The second-order valence-corrected chi connectivity index (χ2v) is 4.43. The van der Waals surface area contributed by atoms with E-state index in [1.165, 1.54) is 38.9 Å². The molecule has 0 aromatic rings. The van der Waals surface area contributed by atoms with Crippen LogP contribution in [0.2, 0.25) is 0 Å². The Kier molecular flexibility index (Phi) is 5.90. The van der Waals surface area contributed by atoms with Gasteiger partial charge < -0.3 is 9.64 Å². The van der Waals surface area contributed by atoms with Crippen LogP contribution in [0, 0.1) is 5.92 Å². The van der Waals surface area contributed by atoms with Gasteiger partial charge in [-0.15, -0.1) is 12.4 Å². The van der Waals surface area contributed by atoms with E-state index in [9.17, 15) is 0 Å². The number of ether oxygens (including phenoxy) is 1. The number of likely N-dealkylation sites (tertiary alicyclic amines) is 1. The van der Waals surface area contributed by atoms with Gasteiger partial charge in [0.15, 0.2) is 0 Å². The minimum Gasteiger partial charge on any atom is -0.362 e. The van der Waals surface area contributed by atoms with Crippen LogP contribution in [0.5, 0.6) is 0 Å². The Bertz CT molecular complexity index is 166. The zero-order valence-electron chi connectivity index (χ0n) is 9.58. The Morgan fingerprint density at radius 1 is 1.33 bits per heavy atom. The van der Waals surface area contributed by atoms with Gasteiger partial charge in [-0.25, -0.2) is 0 Å². The predicted molar refractivity (Wildman–Crippen MR) is 64.4 cm³/mol. The van der Waals surface area contributed by atoms with Crippen LogP contribution in [0.25, 0.3) is 0 Å². The molecule has 2 saturated heterocycles. The molecule has 2 fully saturated rings. The van der Waals surface area contributed by atoms with Gasteiger partial charge in [0.25, 0.3) is 0 Å². The summed E-state index contributed by atoms with van der Waals surface area (Å²) in [5.74, 6) is 0.883. The molecule has 0 spiro atoms. The first-order valence-electron chi connectivity index (χ1n) is 5.96. The number of piperidine rings is 1. The third-order valence-corrected chi connectivity index (χ3v) is 3.49. The highest BCUT2D eigenvalue weighted by molar-refractivity contribution is 5.85. The molecule has 1 unspecified atom stereocenters. The second-order valence-electron chi connectivity index (χ2n) is 4.43. The minimum atomic E-state index is 0. The van der Waals surface area contributed by atoms with Crippen LogP contribution < -0.4 is 5.32 Å². The van der Waals surface area contributed by atoms with Crippen molar-refractivity contribution in [2.45, 2.75) is 32.4 Å². The first-order chi connectivity index (χ1) is 6.88. The molecule has 3 nitrogen and oxygen atoms in total. The number of rotatable bonds is 3. The number of hydrogen-bond donors (Lipinski definition) is 1. The molecule has 15 heavy (non-hydrogen) atoms. The average molecular weight is 235 g/mol. The van der Waals surface area contributed by atoms with E-state index in [2.05, 4.69) is 17.1 Å². The van der Waals surface area contributed by atoms with Crippen molar-refractivity contribution in [1.29, 1.82) is 0 Å². The molecule has 0 bridgehead atoms. The van der Waals surface area contributed by atoms with Gasteiger partial charge in [0.2, 0.25) is 0 Å². The third kappa shape index (κ3) is 3.91. The van der Waals surface area contributed by atoms with Crippen LogP contribution >= 0.6 is 12.4 Å². The molecule has 0 radical (unpaired) electrons. The van der Waals surface area contributed by atoms with Crippen LogP contribution in [-0.2, 0) is 4.74 Å². The standard InChI is InChI=1S/C11H22N2O.ClH/c1-2-13-6-3-10(4-7-13)9-11-12-5-8-14-11;/h10-12H,2-9H2,1H3;1H. The van der Waals surface area contributed by atoms with E-state index in [0.717, 1.165) is 19.1 Å². The molecule has 2 heterocycles. The van der Waals surface area contributed by atoms with Gasteiger partial charge in [-0.05, 0) is 44.8 Å². The van der Waals surface area contributed by atoms with Gasteiger partial charge >= 0.3 is 0 Å². The van der Waals surface area contributed by atoms with Crippen molar-refractivity contribution in [3.8, 4) is 0 Å². The highest BCUT2D eigenvalue weighted by atomic mass is 35.5. The smallest absolute Gasteiger partial charge is 0.108 e. The van der Waals surface area contributed by atoms with E-state index in [1.807, 2.05) is 0 Å². The van der Waals surface area contributed by atoms with Gasteiger partial charge in [-0.1, -0.05) is 6.92 Å². The van der Waals surface area contributed by atoms with E-state index in [1.54, 1.807) is 0 Å². The summed E-state index contributed by atoms with van der Waals surface area (Å²) in [5.41, 5.74) is 0. The SMILES string of the molecule is CCN1CCC(CC2NCCO2)CC1.Cl. The van der Waals surface area contributed by atoms with Crippen molar-refractivity contribution in [3.05, 3.63) is 0 Å². The van der Waals surface area contributed by atoms with Crippen LogP contribution in [0.1, 0.15) is 26.2 Å². The Balaban J connectivity index is 0.00000112. The van der Waals surface area contributed by atoms with E-state index in [-0.39, 0.29) is 12.4 Å². The molecule has 2 aliphatic heterocycles. The van der Waals surface area contributed by atoms with Crippen LogP contribution in [0.3, 0.4) is 0 Å². The normalized spacial score (nSPS) is 29.0. The zero-order chi connectivity index (χ0) is 9.80. The summed E-state index contributed by atoms with van der Waals surface area (Å²) >= 11 is 0. The fourth-order valence-corrected chi connectivity index (χ4v) is 2.47. The monoisotopic (exact) mass is 234 g/mol. The molecule has 2 rings (SSSR count). The number of nitrogens with zero attached hydrogens (tertiary/aromatic N) is 1. The number of nitrogens with one attached hydrogen (secondary N) is 1. The van der Waals surface area contributed by atoms with Crippen LogP contribution in [0.4, 0.5) is 0 Å². The molecule has 2 aliphatic rings. The Hall–Kier alpha value is 0.170. The highest BCUT2D eigenvalue weighted by Gasteiger charge is 2.23. The van der Waals surface area contributed by atoms with Gasteiger partial charge in [-0.2, -0.15) is 0 Å². The molecule has 0 aromatic carbocycles. The lowest BCUT2D eigenvalue weighted by atomic mass is 9.93. The molecule has 0 aliphatic carbocycles. The summed E-state index contributed by atoms with van der Waals surface area (Å²) in [6.07, 6.45) is 4.29. The lowest BCUT2D eigenvalue weighted by Crippen LogP contribution is -2.36. The first-order valence-corrected chi connectivity index (χ1v) is 5.96. The van der Waals surface area contributed by atoms with Gasteiger partial charge in [0, 0.05) is 6.54 Å². The molecule has 90 valence electrons. The summed E-state index contributed by atoms with van der Waals surface area (Å²) in [6.45, 7) is 7.98. The summed E-state index contributed by atoms with van der Waals surface area (Å²) in [7, 11) is 0. The van der Waals surface area contributed by atoms with Crippen molar-refractivity contribution in [3.63, 3.8) is 0 Å². The van der Waals surface area contributed by atoms with E-state index in [4.69, 9.17) is 4.74 Å². The third-order valence-electron chi connectivity index (χ3n) is 3.49. The molecular formula is C11H23ClN2O. The highest BCUT2D eigenvalue weighted by Crippen LogP contribution is 2.22. The van der Waals surface area contributed by atoms with Crippen LogP contribution in [0.15, 0.2) is 0 Å². The molecule has 1 atom stereocenters. The molecule has 0 aromatic heterocycles.